The first-order valence-electron chi connectivity index (χ1n) is 6.29. The molecule has 0 saturated carbocycles. The van der Waals surface area contributed by atoms with Crippen LogP contribution in [-0.2, 0) is 22.7 Å². The van der Waals surface area contributed by atoms with E-state index in [1.165, 1.54) is 12.1 Å². The Bertz CT molecular complexity index is 623. The van der Waals surface area contributed by atoms with Crippen LogP contribution >= 0.6 is 11.6 Å². The highest BCUT2D eigenvalue weighted by molar-refractivity contribution is 6.31. The zero-order valence-electron chi connectivity index (χ0n) is 11.4. The minimum Gasteiger partial charge on any atom is -0.457 e. The van der Waals surface area contributed by atoms with E-state index in [-0.39, 0.29) is 17.2 Å². The van der Waals surface area contributed by atoms with Gasteiger partial charge in [0.25, 0.3) is 0 Å². The summed E-state index contributed by atoms with van der Waals surface area (Å²) in [5.41, 5.74) is 1.41. The Hall–Kier alpha value is -1.91. The number of esters is 1. The molecule has 0 aromatic heterocycles. The molecule has 0 aliphatic heterocycles. The van der Waals surface area contributed by atoms with Crippen molar-refractivity contribution in [3.8, 4) is 0 Å². The largest absolute Gasteiger partial charge is 0.457 e. The summed E-state index contributed by atoms with van der Waals surface area (Å²) < 4.78 is 23.7. The predicted molar refractivity (Wildman–Crippen MR) is 77.7 cm³/mol. The first-order chi connectivity index (χ1) is 10.1. The van der Waals surface area contributed by atoms with Gasteiger partial charge in [-0.2, -0.15) is 0 Å². The van der Waals surface area contributed by atoms with E-state index >= 15 is 0 Å². The average molecular weight is 309 g/mol. The molecular formula is C16H14ClFO3. The van der Waals surface area contributed by atoms with Crippen LogP contribution in [0, 0.1) is 5.82 Å². The van der Waals surface area contributed by atoms with Gasteiger partial charge < -0.3 is 9.47 Å². The van der Waals surface area contributed by atoms with Gasteiger partial charge in [-0.25, -0.2) is 9.18 Å². The third kappa shape index (κ3) is 4.03. The standard InChI is InChI=1S/C16H14ClFO3/c1-20-9-11-4-2-5-12(8-11)16(19)21-10-13-14(17)6-3-7-15(13)18/h2-8H,9-10H2,1H3. The van der Waals surface area contributed by atoms with Crippen molar-refractivity contribution < 1.29 is 18.7 Å². The van der Waals surface area contributed by atoms with Gasteiger partial charge in [0.1, 0.15) is 12.4 Å². The zero-order valence-corrected chi connectivity index (χ0v) is 12.2. The van der Waals surface area contributed by atoms with E-state index in [9.17, 15) is 9.18 Å². The van der Waals surface area contributed by atoms with Crippen LogP contribution in [-0.4, -0.2) is 13.1 Å². The first-order valence-corrected chi connectivity index (χ1v) is 6.67. The van der Waals surface area contributed by atoms with E-state index in [2.05, 4.69) is 0 Å². The fourth-order valence-electron chi connectivity index (χ4n) is 1.85. The molecule has 0 aliphatic carbocycles. The quantitative estimate of drug-likeness (QED) is 0.784. The van der Waals surface area contributed by atoms with E-state index in [4.69, 9.17) is 21.1 Å². The minimum absolute atomic E-state index is 0.167. The maximum Gasteiger partial charge on any atom is 0.338 e. The molecule has 0 amide bonds. The van der Waals surface area contributed by atoms with Crippen molar-refractivity contribution >= 4 is 17.6 Å². The summed E-state index contributed by atoms with van der Waals surface area (Å²) in [6, 6.07) is 11.2. The number of halogens is 2. The van der Waals surface area contributed by atoms with Crippen LogP contribution < -0.4 is 0 Å². The molecule has 2 rings (SSSR count). The number of carbonyl (C=O) groups excluding carboxylic acids is 1. The van der Waals surface area contributed by atoms with E-state index in [1.54, 1.807) is 31.4 Å². The van der Waals surface area contributed by atoms with Gasteiger partial charge in [0, 0.05) is 12.7 Å². The molecule has 0 atom stereocenters. The highest BCUT2D eigenvalue weighted by Crippen LogP contribution is 2.20. The van der Waals surface area contributed by atoms with Crippen LogP contribution in [0.2, 0.25) is 5.02 Å². The number of methoxy groups -OCH3 is 1. The lowest BCUT2D eigenvalue weighted by Gasteiger charge is -2.08. The third-order valence-corrected chi connectivity index (χ3v) is 3.24. The van der Waals surface area contributed by atoms with Crippen molar-refractivity contribution in [2.24, 2.45) is 0 Å². The zero-order chi connectivity index (χ0) is 15.2. The van der Waals surface area contributed by atoms with Crippen molar-refractivity contribution in [1.29, 1.82) is 0 Å². The summed E-state index contributed by atoms with van der Waals surface area (Å²) in [4.78, 5) is 12.0. The SMILES string of the molecule is COCc1cccc(C(=O)OCc2c(F)cccc2Cl)c1. The van der Waals surface area contributed by atoms with Crippen LogP contribution in [0.1, 0.15) is 21.5 Å². The van der Waals surface area contributed by atoms with Gasteiger partial charge in [-0.1, -0.05) is 29.8 Å². The summed E-state index contributed by atoms with van der Waals surface area (Å²) in [5.74, 6) is -1.03. The Morgan fingerprint density at radius 1 is 1.19 bits per heavy atom. The average Bonchev–Trinajstić information content (AvgIpc) is 2.47. The van der Waals surface area contributed by atoms with Crippen LogP contribution in [0.25, 0.3) is 0 Å². The van der Waals surface area contributed by atoms with Gasteiger partial charge >= 0.3 is 5.97 Å². The summed E-state index contributed by atoms with van der Waals surface area (Å²) >= 11 is 5.88. The summed E-state index contributed by atoms with van der Waals surface area (Å²) in [6.45, 7) is 0.194. The van der Waals surface area contributed by atoms with Gasteiger partial charge in [0.2, 0.25) is 0 Å². The second kappa shape index (κ2) is 7.20. The minimum atomic E-state index is -0.535. The van der Waals surface area contributed by atoms with Crippen LogP contribution in [0.5, 0.6) is 0 Å². The maximum atomic E-state index is 13.6. The number of hydrogen-bond acceptors (Lipinski definition) is 3. The van der Waals surface area contributed by atoms with Crippen molar-refractivity contribution in [2.45, 2.75) is 13.2 Å². The summed E-state index contributed by atoms with van der Waals surface area (Å²) in [5, 5.41) is 0.232. The Kier molecular flexibility index (Phi) is 5.31. The van der Waals surface area contributed by atoms with Crippen molar-refractivity contribution in [3.05, 3.63) is 70.0 Å². The Morgan fingerprint density at radius 3 is 2.67 bits per heavy atom. The third-order valence-electron chi connectivity index (χ3n) is 2.88. The molecule has 0 bridgehead atoms. The topological polar surface area (TPSA) is 35.5 Å². The molecule has 0 N–H and O–H groups in total. The molecule has 0 radical (unpaired) electrons. The van der Waals surface area contributed by atoms with Crippen molar-refractivity contribution in [1.82, 2.24) is 0 Å². The maximum absolute atomic E-state index is 13.6. The Morgan fingerprint density at radius 2 is 1.95 bits per heavy atom. The lowest BCUT2D eigenvalue weighted by molar-refractivity contribution is 0.0469. The monoisotopic (exact) mass is 308 g/mol. The number of ether oxygens (including phenoxy) is 2. The summed E-state index contributed by atoms with van der Waals surface area (Å²) in [7, 11) is 1.57. The molecule has 0 unspecified atom stereocenters. The molecule has 110 valence electrons. The number of carbonyl (C=O) groups is 1. The van der Waals surface area contributed by atoms with Crippen LogP contribution in [0.4, 0.5) is 4.39 Å². The smallest absolute Gasteiger partial charge is 0.338 e. The van der Waals surface area contributed by atoms with Crippen LogP contribution in [0.15, 0.2) is 42.5 Å². The molecule has 2 aromatic carbocycles. The second-order valence-corrected chi connectivity index (χ2v) is 4.82. The van der Waals surface area contributed by atoms with Crippen molar-refractivity contribution in [3.63, 3.8) is 0 Å². The van der Waals surface area contributed by atoms with E-state index < -0.39 is 11.8 Å². The molecule has 0 heterocycles. The molecule has 0 fully saturated rings. The van der Waals surface area contributed by atoms with Gasteiger partial charge in [-0.3, -0.25) is 0 Å². The van der Waals surface area contributed by atoms with Crippen molar-refractivity contribution in [2.75, 3.05) is 7.11 Å². The van der Waals surface area contributed by atoms with E-state index in [1.807, 2.05) is 6.07 Å². The van der Waals surface area contributed by atoms with E-state index in [0.29, 0.717) is 12.2 Å². The lowest BCUT2D eigenvalue weighted by Crippen LogP contribution is -2.07. The van der Waals surface area contributed by atoms with Gasteiger partial charge in [-0.05, 0) is 29.8 Å². The first kappa shape index (κ1) is 15.5. The van der Waals surface area contributed by atoms with Gasteiger partial charge in [0.05, 0.1) is 17.2 Å². The molecular weight excluding hydrogens is 295 g/mol. The fourth-order valence-corrected chi connectivity index (χ4v) is 2.06. The second-order valence-electron chi connectivity index (χ2n) is 4.41. The van der Waals surface area contributed by atoms with Gasteiger partial charge in [0.15, 0.2) is 0 Å². The van der Waals surface area contributed by atoms with Crippen LogP contribution in [0.3, 0.4) is 0 Å². The Balaban J connectivity index is 2.06. The predicted octanol–water partition coefficient (Wildman–Crippen LogP) is 3.98. The number of rotatable bonds is 5. The fraction of sp³-hybridized carbons (Fsp3) is 0.188. The lowest BCUT2D eigenvalue weighted by atomic mass is 10.1. The van der Waals surface area contributed by atoms with E-state index in [0.717, 1.165) is 5.56 Å². The highest BCUT2D eigenvalue weighted by Gasteiger charge is 2.12. The molecule has 5 heteroatoms. The Labute approximate surface area is 127 Å². The number of hydrogen-bond donors (Lipinski definition) is 0. The molecule has 3 nitrogen and oxygen atoms in total. The summed E-state index contributed by atoms with van der Waals surface area (Å²) in [6.07, 6.45) is 0. The number of benzene rings is 2. The molecule has 0 saturated heterocycles. The highest BCUT2D eigenvalue weighted by atomic mass is 35.5. The van der Waals surface area contributed by atoms with Gasteiger partial charge in [-0.15, -0.1) is 0 Å². The molecule has 0 spiro atoms. The molecule has 21 heavy (non-hydrogen) atoms. The molecule has 2 aromatic rings. The molecule has 0 aliphatic rings. The normalized spacial score (nSPS) is 10.4.